The number of benzene rings is 1. The van der Waals surface area contributed by atoms with Gasteiger partial charge in [-0.05, 0) is 43.2 Å². The third kappa shape index (κ3) is 4.09. The van der Waals surface area contributed by atoms with Crippen molar-refractivity contribution in [1.29, 1.82) is 0 Å². The van der Waals surface area contributed by atoms with E-state index in [4.69, 9.17) is 5.14 Å². The standard InChI is InChI=1S/C15H21N3O2S/c1-11-8-14(12(2)18(11)3)9-17-15-6-4-13(5-7-15)10-21(16,19)20/h4-8,17H,9-10H2,1-3H3,(H2,16,19,20). The maximum Gasteiger partial charge on any atom is 0.213 e. The minimum absolute atomic E-state index is 0.135. The molecule has 114 valence electrons. The molecule has 0 radical (unpaired) electrons. The van der Waals surface area contributed by atoms with Gasteiger partial charge in [0.2, 0.25) is 10.0 Å². The smallest absolute Gasteiger partial charge is 0.213 e. The topological polar surface area (TPSA) is 77.1 Å². The molecule has 3 N–H and O–H groups in total. The number of sulfonamides is 1. The highest BCUT2D eigenvalue weighted by Gasteiger charge is 2.07. The number of aryl methyl sites for hydroxylation is 1. The van der Waals surface area contributed by atoms with Gasteiger partial charge in [-0.1, -0.05) is 12.1 Å². The average Bonchev–Trinajstić information content (AvgIpc) is 2.64. The first-order chi connectivity index (χ1) is 9.76. The van der Waals surface area contributed by atoms with Gasteiger partial charge in [0.25, 0.3) is 0 Å². The zero-order valence-electron chi connectivity index (χ0n) is 12.6. The van der Waals surface area contributed by atoms with Gasteiger partial charge >= 0.3 is 0 Å². The van der Waals surface area contributed by atoms with Crippen LogP contribution in [-0.4, -0.2) is 13.0 Å². The lowest BCUT2D eigenvalue weighted by atomic mass is 10.2. The van der Waals surface area contributed by atoms with Crippen LogP contribution in [0.2, 0.25) is 0 Å². The zero-order valence-corrected chi connectivity index (χ0v) is 13.4. The Morgan fingerprint density at radius 1 is 1.19 bits per heavy atom. The second-order valence-corrected chi connectivity index (χ2v) is 6.93. The van der Waals surface area contributed by atoms with Crippen LogP contribution < -0.4 is 10.5 Å². The van der Waals surface area contributed by atoms with E-state index in [1.165, 1.54) is 17.0 Å². The molecule has 1 aromatic heterocycles. The number of rotatable bonds is 5. The molecule has 0 saturated heterocycles. The molecule has 0 spiro atoms. The van der Waals surface area contributed by atoms with Crippen molar-refractivity contribution in [3.63, 3.8) is 0 Å². The number of primary sulfonamides is 1. The minimum Gasteiger partial charge on any atom is -0.381 e. The van der Waals surface area contributed by atoms with Gasteiger partial charge < -0.3 is 9.88 Å². The van der Waals surface area contributed by atoms with Crippen molar-refractivity contribution in [3.05, 3.63) is 52.8 Å². The number of nitrogens with two attached hydrogens (primary N) is 1. The van der Waals surface area contributed by atoms with E-state index in [1.54, 1.807) is 12.1 Å². The largest absolute Gasteiger partial charge is 0.381 e. The van der Waals surface area contributed by atoms with Crippen LogP contribution in [0, 0.1) is 13.8 Å². The van der Waals surface area contributed by atoms with Crippen LogP contribution in [0.5, 0.6) is 0 Å². The molecule has 0 bridgehead atoms. The van der Waals surface area contributed by atoms with E-state index in [0.717, 1.165) is 12.2 Å². The van der Waals surface area contributed by atoms with E-state index < -0.39 is 10.0 Å². The summed E-state index contributed by atoms with van der Waals surface area (Å²) in [5.41, 5.74) is 5.37. The molecule has 1 aromatic carbocycles. The van der Waals surface area contributed by atoms with Crippen molar-refractivity contribution in [2.75, 3.05) is 5.32 Å². The first-order valence-electron chi connectivity index (χ1n) is 6.71. The summed E-state index contributed by atoms with van der Waals surface area (Å²) in [6.45, 7) is 4.92. The van der Waals surface area contributed by atoms with Gasteiger partial charge in [0.15, 0.2) is 0 Å². The van der Waals surface area contributed by atoms with Crippen LogP contribution in [0.25, 0.3) is 0 Å². The van der Waals surface area contributed by atoms with Gasteiger partial charge in [-0.15, -0.1) is 0 Å². The van der Waals surface area contributed by atoms with Crippen LogP contribution in [0.15, 0.2) is 30.3 Å². The number of nitrogens with one attached hydrogen (secondary N) is 1. The molecule has 0 saturated carbocycles. The fourth-order valence-corrected chi connectivity index (χ4v) is 2.92. The molecule has 1 heterocycles. The van der Waals surface area contributed by atoms with Crippen LogP contribution in [-0.2, 0) is 29.4 Å². The summed E-state index contributed by atoms with van der Waals surface area (Å²) in [6.07, 6.45) is 0. The summed E-state index contributed by atoms with van der Waals surface area (Å²) < 4.78 is 24.2. The number of hydrogen-bond donors (Lipinski definition) is 2. The summed E-state index contributed by atoms with van der Waals surface area (Å²) in [7, 11) is -1.42. The fraction of sp³-hybridized carbons (Fsp3) is 0.333. The number of nitrogens with zero attached hydrogens (tertiary/aromatic N) is 1. The van der Waals surface area contributed by atoms with Crippen molar-refractivity contribution in [1.82, 2.24) is 4.57 Å². The van der Waals surface area contributed by atoms with E-state index in [0.29, 0.717) is 5.56 Å². The zero-order chi connectivity index (χ0) is 15.6. The molecule has 0 amide bonds. The molecule has 0 aliphatic carbocycles. The van der Waals surface area contributed by atoms with Crippen LogP contribution in [0.4, 0.5) is 5.69 Å². The Hall–Kier alpha value is -1.79. The highest BCUT2D eigenvalue weighted by Crippen LogP contribution is 2.16. The first kappa shape index (κ1) is 15.6. The number of hydrogen-bond acceptors (Lipinski definition) is 3. The summed E-state index contributed by atoms with van der Waals surface area (Å²) in [5.74, 6) is -0.135. The summed E-state index contributed by atoms with van der Waals surface area (Å²) in [6, 6.07) is 9.45. The van der Waals surface area contributed by atoms with Crippen molar-refractivity contribution in [3.8, 4) is 0 Å². The molecule has 0 unspecified atom stereocenters. The van der Waals surface area contributed by atoms with Gasteiger partial charge in [-0.3, -0.25) is 0 Å². The molecule has 6 heteroatoms. The molecule has 0 atom stereocenters. The van der Waals surface area contributed by atoms with Crippen LogP contribution in [0.3, 0.4) is 0 Å². The van der Waals surface area contributed by atoms with Crippen molar-refractivity contribution < 1.29 is 8.42 Å². The first-order valence-corrected chi connectivity index (χ1v) is 8.43. The lowest BCUT2D eigenvalue weighted by molar-refractivity contribution is 0.597. The Morgan fingerprint density at radius 2 is 1.81 bits per heavy atom. The lowest BCUT2D eigenvalue weighted by Crippen LogP contribution is -2.14. The quantitative estimate of drug-likeness (QED) is 0.887. The minimum atomic E-state index is -3.48. The van der Waals surface area contributed by atoms with E-state index in [-0.39, 0.29) is 5.75 Å². The molecule has 0 aliphatic rings. The van der Waals surface area contributed by atoms with E-state index in [1.807, 2.05) is 12.1 Å². The highest BCUT2D eigenvalue weighted by atomic mass is 32.2. The monoisotopic (exact) mass is 307 g/mol. The van der Waals surface area contributed by atoms with E-state index in [2.05, 4.69) is 36.8 Å². The van der Waals surface area contributed by atoms with Gasteiger partial charge in [-0.25, -0.2) is 13.6 Å². The van der Waals surface area contributed by atoms with Gasteiger partial charge in [0.1, 0.15) is 0 Å². The molecule has 2 aromatic rings. The Kier molecular flexibility index (Phi) is 4.39. The van der Waals surface area contributed by atoms with Crippen LogP contribution >= 0.6 is 0 Å². The normalized spacial score (nSPS) is 11.6. The fourth-order valence-electron chi connectivity index (χ4n) is 2.26. The summed E-state index contributed by atoms with van der Waals surface area (Å²) in [4.78, 5) is 0. The predicted octanol–water partition coefficient (Wildman–Crippen LogP) is 2.04. The predicted molar refractivity (Wildman–Crippen MR) is 85.5 cm³/mol. The molecule has 0 aliphatic heterocycles. The SMILES string of the molecule is Cc1cc(CNc2ccc(CS(N)(=O)=O)cc2)c(C)n1C. The molecule has 2 rings (SSSR count). The van der Waals surface area contributed by atoms with Gasteiger partial charge in [-0.2, -0.15) is 0 Å². The second kappa shape index (κ2) is 5.91. The van der Waals surface area contributed by atoms with E-state index >= 15 is 0 Å². The number of aromatic nitrogens is 1. The van der Waals surface area contributed by atoms with E-state index in [9.17, 15) is 8.42 Å². The third-order valence-electron chi connectivity index (χ3n) is 3.68. The maximum absolute atomic E-state index is 11.0. The van der Waals surface area contributed by atoms with Crippen molar-refractivity contribution in [2.24, 2.45) is 12.2 Å². The highest BCUT2D eigenvalue weighted by molar-refractivity contribution is 7.88. The molecule has 21 heavy (non-hydrogen) atoms. The van der Waals surface area contributed by atoms with Gasteiger partial charge in [0.05, 0.1) is 5.75 Å². The van der Waals surface area contributed by atoms with Gasteiger partial charge in [0, 0.05) is 30.7 Å². The Balaban J connectivity index is 2.02. The van der Waals surface area contributed by atoms with Crippen molar-refractivity contribution in [2.45, 2.75) is 26.1 Å². The summed E-state index contributed by atoms with van der Waals surface area (Å²) in [5, 5.41) is 8.37. The lowest BCUT2D eigenvalue weighted by Gasteiger charge is -2.08. The number of anilines is 1. The average molecular weight is 307 g/mol. The Morgan fingerprint density at radius 3 is 2.29 bits per heavy atom. The Bertz CT molecular complexity index is 731. The molecular weight excluding hydrogens is 286 g/mol. The van der Waals surface area contributed by atoms with Crippen LogP contribution in [0.1, 0.15) is 22.5 Å². The van der Waals surface area contributed by atoms with Crippen molar-refractivity contribution >= 4 is 15.7 Å². The second-order valence-electron chi connectivity index (χ2n) is 5.31. The Labute approximate surface area is 125 Å². The maximum atomic E-state index is 11.0. The third-order valence-corrected chi connectivity index (χ3v) is 4.42. The summed E-state index contributed by atoms with van der Waals surface area (Å²) >= 11 is 0. The molecule has 5 nitrogen and oxygen atoms in total. The molecule has 0 fully saturated rings. The molecular formula is C15H21N3O2S.